The molecular weight excluding hydrogens is 149 g/mol. The maximum Gasteiger partial charge on any atom is 0.138 e. The largest absolute Gasteiger partial charge is 0.398 e. The summed E-state index contributed by atoms with van der Waals surface area (Å²) in [5.74, 6) is -0.369. The van der Waals surface area contributed by atoms with Gasteiger partial charge in [-0.1, -0.05) is 0 Å². The summed E-state index contributed by atoms with van der Waals surface area (Å²) < 4.78 is 12.6. The molecule has 0 fully saturated rings. The molecule has 0 saturated carbocycles. The molecular formula is C7H8FNS. The molecule has 0 amide bonds. The van der Waals surface area contributed by atoms with Crippen LogP contribution in [-0.2, 0) is 0 Å². The molecule has 2 N–H and O–H groups in total. The Kier molecular flexibility index (Phi) is 1.85. The second kappa shape index (κ2) is 2.50. The zero-order chi connectivity index (χ0) is 7.72. The van der Waals surface area contributed by atoms with Gasteiger partial charge in [-0.2, -0.15) is 0 Å². The molecule has 0 aromatic heterocycles. The van der Waals surface area contributed by atoms with Crippen LogP contribution in [0.25, 0.3) is 0 Å². The number of benzene rings is 1. The molecule has 0 heterocycles. The number of nitrogens with two attached hydrogens (primary N) is 1. The number of halogens is 1. The van der Waals surface area contributed by atoms with Gasteiger partial charge in [-0.15, -0.1) is 12.6 Å². The molecule has 0 aliphatic carbocycles. The third-order valence-corrected chi connectivity index (χ3v) is 1.68. The van der Waals surface area contributed by atoms with E-state index < -0.39 is 0 Å². The average Bonchev–Trinajstić information content (AvgIpc) is 1.84. The predicted molar refractivity (Wildman–Crippen MR) is 42.8 cm³/mol. The SMILES string of the molecule is Cc1cc(S)c(F)cc1N. The maximum absolute atomic E-state index is 12.6. The minimum Gasteiger partial charge on any atom is -0.398 e. The number of hydrogen-bond acceptors (Lipinski definition) is 2. The first-order valence-electron chi connectivity index (χ1n) is 2.86. The lowest BCUT2D eigenvalue weighted by molar-refractivity contribution is 0.603. The zero-order valence-electron chi connectivity index (χ0n) is 5.56. The number of rotatable bonds is 0. The van der Waals surface area contributed by atoms with E-state index in [0.717, 1.165) is 5.56 Å². The van der Waals surface area contributed by atoms with Crippen LogP contribution in [0.3, 0.4) is 0 Å². The fraction of sp³-hybridized carbons (Fsp3) is 0.143. The van der Waals surface area contributed by atoms with E-state index in [-0.39, 0.29) is 5.82 Å². The van der Waals surface area contributed by atoms with Crippen molar-refractivity contribution in [3.8, 4) is 0 Å². The molecule has 0 spiro atoms. The van der Waals surface area contributed by atoms with Crippen LogP contribution in [0.2, 0.25) is 0 Å². The molecule has 54 valence electrons. The topological polar surface area (TPSA) is 26.0 Å². The lowest BCUT2D eigenvalue weighted by Crippen LogP contribution is -1.91. The van der Waals surface area contributed by atoms with Gasteiger partial charge in [-0.3, -0.25) is 0 Å². The molecule has 1 nitrogen and oxygen atoms in total. The quantitative estimate of drug-likeness (QED) is 0.437. The van der Waals surface area contributed by atoms with Crippen molar-refractivity contribution in [1.82, 2.24) is 0 Å². The minimum absolute atomic E-state index is 0.340. The van der Waals surface area contributed by atoms with Crippen LogP contribution in [0.15, 0.2) is 17.0 Å². The molecule has 1 rings (SSSR count). The predicted octanol–water partition coefficient (Wildman–Crippen LogP) is 2.01. The first-order chi connectivity index (χ1) is 4.61. The van der Waals surface area contributed by atoms with E-state index in [2.05, 4.69) is 12.6 Å². The third-order valence-electron chi connectivity index (χ3n) is 1.34. The molecule has 1 aromatic rings. The van der Waals surface area contributed by atoms with Gasteiger partial charge < -0.3 is 5.73 Å². The van der Waals surface area contributed by atoms with E-state index in [1.807, 2.05) is 6.92 Å². The molecule has 0 saturated heterocycles. The molecule has 0 bridgehead atoms. The van der Waals surface area contributed by atoms with Gasteiger partial charge in [0.25, 0.3) is 0 Å². The lowest BCUT2D eigenvalue weighted by atomic mass is 10.2. The molecule has 0 atom stereocenters. The molecule has 1 aromatic carbocycles. The van der Waals surface area contributed by atoms with Gasteiger partial charge in [0.15, 0.2) is 0 Å². The highest BCUT2D eigenvalue weighted by molar-refractivity contribution is 7.80. The van der Waals surface area contributed by atoms with Gasteiger partial charge in [-0.05, 0) is 24.6 Å². The highest BCUT2D eigenvalue weighted by atomic mass is 32.1. The summed E-state index contributed by atoms with van der Waals surface area (Å²) in [5, 5.41) is 0. The molecule has 0 radical (unpaired) electrons. The number of anilines is 1. The Balaban J connectivity index is 3.28. The highest BCUT2D eigenvalue weighted by Gasteiger charge is 2.00. The van der Waals surface area contributed by atoms with Crippen LogP contribution in [0.4, 0.5) is 10.1 Å². The van der Waals surface area contributed by atoms with E-state index in [1.165, 1.54) is 6.07 Å². The molecule has 10 heavy (non-hydrogen) atoms. The average molecular weight is 157 g/mol. The van der Waals surface area contributed by atoms with E-state index in [1.54, 1.807) is 6.07 Å². The van der Waals surface area contributed by atoms with Crippen molar-refractivity contribution in [2.45, 2.75) is 11.8 Å². The van der Waals surface area contributed by atoms with Crippen molar-refractivity contribution in [2.75, 3.05) is 5.73 Å². The van der Waals surface area contributed by atoms with Crippen LogP contribution in [0.5, 0.6) is 0 Å². The Labute approximate surface area is 64.5 Å². The summed E-state index contributed by atoms with van der Waals surface area (Å²) in [7, 11) is 0. The fourth-order valence-electron chi connectivity index (χ4n) is 0.682. The van der Waals surface area contributed by atoms with Crippen molar-refractivity contribution in [3.05, 3.63) is 23.5 Å². The Morgan fingerprint density at radius 3 is 2.60 bits per heavy atom. The minimum atomic E-state index is -0.369. The number of hydrogen-bond donors (Lipinski definition) is 2. The first kappa shape index (κ1) is 7.41. The van der Waals surface area contributed by atoms with Gasteiger partial charge in [-0.25, -0.2) is 4.39 Å². The summed E-state index contributed by atoms with van der Waals surface area (Å²) in [6.45, 7) is 1.81. The van der Waals surface area contributed by atoms with Crippen molar-refractivity contribution < 1.29 is 4.39 Å². The Bertz CT molecular complexity index is 210. The molecule has 3 heteroatoms. The van der Waals surface area contributed by atoms with Crippen molar-refractivity contribution in [3.63, 3.8) is 0 Å². The lowest BCUT2D eigenvalue weighted by Gasteiger charge is -2.00. The zero-order valence-corrected chi connectivity index (χ0v) is 6.45. The van der Waals surface area contributed by atoms with Gasteiger partial charge in [0.05, 0.1) is 0 Å². The third kappa shape index (κ3) is 1.24. The molecule has 0 unspecified atom stereocenters. The summed E-state index contributed by atoms with van der Waals surface area (Å²) in [6, 6.07) is 2.88. The standard InChI is InChI=1S/C7H8FNS/c1-4-2-7(10)5(8)3-6(4)9/h2-3,10H,9H2,1H3. The number of aryl methyl sites for hydroxylation is 1. The monoisotopic (exact) mass is 157 g/mol. The Morgan fingerprint density at radius 2 is 2.10 bits per heavy atom. The maximum atomic E-state index is 12.6. The van der Waals surface area contributed by atoms with E-state index in [4.69, 9.17) is 5.73 Å². The molecule has 0 aliphatic rings. The van der Waals surface area contributed by atoms with E-state index in [0.29, 0.717) is 10.6 Å². The van der Waals surface area contributed by atoms with Crippen LogP contribution >= 0.6 is 12.6 Å². The van der Waals surface area contributed by atoms with Crippen LogP contribution in [0.1, 0.15) is 5.56 Å². The van der Waals surface area contributed by atoms with E-state index in [9.17, 15) is 4.39 Å². The van der Waals surface area contributed by atoms with Gasteiger partial charge in [0.1, 0.15) is 5.82 Å². The van der Waals surface area contributed by atoms with Crippen LogP contribution in [0, 0.1) is 12.7 Å². The Hall–Kier alpha value is -0.700. The second-order valence-corrected chi connectivity index (χ2v) is 2.64. The second-order valence-electron chi connectivity index (χ2n) is 2.16. The summed E-state index contributed by atoms with van der Waals surface area (Å²) in [4.78, 5) is 0.340. The summed E-state index contributed by atoms with van der Waals surface area (Å²) >= 11 is 3.88. The van der Waals surface area contributed by atoms with Crippen molar-refractivity contribution in [1.29, 1.82) is 0 Å². The first-order valence-corrected chi connectivity index (χ1v) is 3.30. The van der Waals surface area contributed by atoms with Gasteiger partial charge in [0.2, 0.25) is 0 Å². The van der Waals surface area contributed by atoms with Gasteiger partial charge >= 0.3 is 0 Å². The summed E-state index contributed by atoms with van der Waals surface area (Å²) in [5.41, 5.74) is 6.74. The molecule has 0 aliphatic heterocycles. The fourth-order valence-corrected chi connectivity index (χ4v) is 0.940. The van der Waals surface area contributed by atoms with Crippen LogP contribution in [-0.4, -0.2) is 0 Å². The highest BCUT2D eigenvalue weighted by Crippen LogP contribution is 2.19. The normalized spacial score (nSPS) is 9.90. The van der Waals surface area contributed by atoms with Gasteiger partial charge in [0, 0.05) is 10.6 Å². The van der Waals surface area contributed by atoms with E-state index >= 15 is 0 Å². The van der Waals surface area contributed by atoms with Crippen molar-refractivity contribution >= 4 is 18.3 Å². The number of thiol groups is 1. The van der Waals surface area contributed by atoms with Crippen molar-refractivity contribution in [2.24, 2.45) is 0 Å². The summed E-state index contributed by atoms with van der Waals surface area (Å²) in [6.07, 6.45) is 0. The number of nitrogen functional groups attached to an aromatic ring is 1. The van der Waals surface area contributed by atoms with Crippen LogP contribution < -0.4 is 5.73 Å². The Morgan fingerprint density at radius 1 is 1.50 bits per heavy atom. The smallest absolute Gasteiger partial charge is 0.138 e.